The molecule has 2 heteroatoms. The molecule has 0 saturated carbocycles. The highest BCUT2D eigenvalue weighted by Gasteiger charge is 2.00. The fraction of sp³-hybridized carbons (Fsp3) is 0.364. The Hall–Kier alpha value is -1.31. The van der Waals surface area contributed by atoms with Crippen LogP contribution >= 0.6 is 0 Å². The normalized spacial score (nSPS) is 26.4. The molecule has 70 valence electrons. The standard InChI is InChI=1S/C11H16N2/c1-9(2)11-6-10(3)4-5-12-8-13-7-11/h4-7,9,12H,3,8H2,1-2H3/b5-4-,11-6+,13-7-. The van der Waals surface area contributed by atoms with Crippen LogP contribution in [0.15, 0.2) is 41.1 Å². The number of nitrogens with one attached hydrogen (secondary N) is 1. The Bertz CT molecular complexity index is 270. The van der Waals surface area contributed by atoms with Gasteiger partial charge in [0.25, 0.3) is 0 Å². The summed E-state index contributed by atoms with van der Waals surface area (Å²) in [6.45, 7) is 8.86. The van der Waals surface area contributed by atoms with Crippen LogP contribution in [0.1, 0.15) is 13.8 Å². The Balaban J connectivity index is 2.87. The minimum Gasteiger partial charge on any atom is -0.372 e. The minimum atomic E-state index is 0.493. The van der Waals surface area contributed by atoms with Crippen LogP contribution in [0, 0.1) is 5.92 Å². The fourth-order valence-electron chi connectivity index (χ4n) is 1.04. The molecule has 0 aliphatic carbocycles. The highest BCUT2D eigenvalue weighted by molar-refractivity contribution is 5.80. The predicted molar refractivity (Wildman–Crippen MR) is 57.7 cm³/mol. The molecule has 0 aromatic heterocycles. The first-order chi connectivity index (χ1) is 6.20. The Labute approximate surface area is 79.8 Å². The second-order valence-corrected chi connectivity index (χ2v) is 3.38. The molecule has 0 atom stereocenters. The Kier molecular flexibility index (Phi) is 3.50. The lowest BCUT2D eigenvalue weighted by molar-refractivity contribution is 0.803. The molecule has 13 heavy (non-hydrogen) atoms. The molecule has 0 aromatic carbocycles. The maximum Gasteiger partial charge on any atom is 0.107 e. The van der Waals surface area contributed by atoms with E-state index in [1.54, 1.807) is 0 Å². The molecule has 1 aliphatic rings. The third kappa shape index (κ3) is 3.28. The van der Waals surface area contributed by atoms with E-state index in [-0.39, 0.29) is 0 Å². The van der Waals surface area contributed by atoms with Crippen LogP contribution in [0.25, 0.3) is 0 Å². The number of aliphatic imine (C=N–C) groups is 1. The molecule has 2 nitrogen and oxygen atoms in total. The van der Waals surface area contributed by atoms with E-state index in [1.807, 2.05) is 18.5 Å². The second kappa shape index (κ2) is 4.65. The van der Waals surface area contributed by atoms with Crippen molar-refractivity contribution in [1.82, 2.24) is 5.32 Å². The quantitative estimate of drug-likeness (QED) is 0.651. The molecule has 1 aliphatic heterocycles. The number of nitrogens with zero attached hydrogens (tertiary/aromatic N) is 1. The summed E-state index contributed by atoms with van der Waals surface area (Å²) in [5, 5.41) is 3.04. The number of hydrogen-bond acceptors (Lipinski definition) is 2. The number of rotatable bonds is 1. The first-order valence-electron chi connectivity index (χ1n) is 4.50. The Morgan fingerprint density at radius 2 is 2.31 bits per heavy atom. The molecule has 0 aromatic rings. The zero-order valence-electron chi connectivity index (χ0n) is 8.25. The van der Waals surface area contributed by atoms with Crippen LogP contribution in [0.3, 0.4) is 0 Å². The lowest BCUT2D eigenvalue weighted by Gasteiger charge is -2.04. The molecular weight excluding hydrogens is 160 g/mol. The van der Waals surface area contributed by atoms with E-state index in [2.05, 4.69) is 36.8 Å². The zero-order valence-corrected chi connectivity index (χ0v) is 8.25. The van der Waals surface area contributed by atoms with Gasteiger partial charge in [0.05, 0.1) is 0 Å². The van der Waals surface area contributed by atoms with Gasteiger partial charge in [-0.2, -0.15) is 0 Å². The highest BCUT2D eigenvalue weighted by atomic mass is 15.0. The number of allylic oxidation sites excluding steroid dienone is 4. The summed E-state index contributed by atoms with van der Waals surface area (Å²) >= 11 is 0. The van der Waals surface area contributed by atoms with Crippen LogP contribution in [0.4, 0.5) is 0 Å². The van der Waals surface area contributed by atoms with Gasteiger partial charge in [-0.15, -0.1) is 0 Å². The predicted octanol–water partition coefficient (Wildman–Crippen LogP) is 2.27. The van der Waals surface area contributed by atoms with Crippen LogP contribution < -0.4 is 5.32 Å². The van der Waals surface area contributed by atoms with Crippen molar-refractivity contribution in [1.29, 1.82) is 0 Å². The molecule has 0 fully saturated rings. The van der Waals surface area contributed by atoms with Gasteiger partial charge in [0, 0.05) is 6.21 Å². The van der Waals surface area contributed by atoms with E-state index in [4.69, 9.17) is 0 Å². The topological polar surface area (TPSA) is 24.4 Å². The summed E-state index contributed by atoms with van der Waals surface area (Å²) in [5.41, 5.74) is 2.22. The average molecular weight is 176 g/mol. The fourth-order valence-corrected chi connectivity index (χ4v) is 1.04. The third-order valence-electron chi connectivity index (χ3n) is 1.86. The van der Waals surface area contributed by atoms with Gasteiger partial charge in [-0.25, -0.2) is 0 Å². The van der Waals surface area contributed by atoms with E-state index in [0.29, 0.717) is 12.6 Å². The van der Waals surface area contributed by atoms with Crippen molar-refractivity contribution in [3.05, 3.63) is 36.1 Å². The second-order valence-electron chi connectivity index (χ2n) is 3.38. The summed E-state index contributed by atoms with van der Waals surface area (Å²) in [6, 6.07) is 0. The average Bonchev–Trinajstić information content (AvgIpc) is 2.16. The van der Waals surface area contributed by atoms with E-state index in [1.165, 1.54) is 5.57 Å². The van der Waals surface area contributed by atoms with Gasteiger partial charge in [0.1, 0.15) is 6.67 Å². The van der Waals surface area contributed by atoms with Crippen molar-refractivity contribution in [3.8, 4) is 0 Å². The monoisotopic (exact) mass is 176 g/mol. The molecule has 1 N–H and O–H groups in total. The highest BCUT2D eigenvalue weighted by Crippen LogP contribution is 2.11. The van der Waals surface area contributed by atoms with Crippen molar-refractivity contribution >= 4 is 6.21 Å². The van der Waals surface area contributed by atoms with Gasteiger partial charge >= 0.3 is 0 Å². The molecule has 0 bridgehead atoms. The lowest BCUT2D eigenvalue weighted by atomic mass is 10.0. The summed E-state index contributed by atoms with van der Waals surface area (Å²) in [5.74, 6) is 0.493. The first-order valence-corrected chi connectivity index (χ1v) is 4.50. The van der Waals surface area contributed by atoms with Crippen LogP contribution in [0.2, 0.25) is 0 Å². The maximum absolute atomic E-state index is 4.23. The molecular formula is C11H16N2. The molecule has 0 saturated heterocycles. The first kappa shape index (κ1) is 9.78. The Morgan fingerprint density at radius 1 is 1.54 bits per heavy atom. The van der Waals surface area contributed by atoms with E-state index >= 15 is 0 Å². The maximum atomic E-state index is 4.23. The van der Waals surface area contributed by atoms with Crippen LogP contribution in [0.5, 0.6) is 0 Å². The molecule has 0 spiro atoms. The summed E-state index contributed by atoms with van der Waals surface area (Å²) in [6.07, 6.45) is 7.81. The van der Waals surface area contributed by atoms with Crippen molar-refractivity contribution in [2.24, 2.45) is 10.9 Å². The van der Waals surface area contributed by atoms with Crippen molar-refractivity contribution in [2.75, 3.05) is 6.67 Å². The van der Waals surface area contributed by atoms with E-state index in [0.717, 1.165) is 5.57 Å². The lowest BCUT2D eigenvalue weighted by Crippen LogP contribution is -2.04. The van der Waals surface area contributed by atoms with Gasteiger partial charge in [0.15, 0.2) is 0 Å². The molecule has 0 radical (unpaired) electrons. The van der Waals surface area contributed by atoms with E-state index in [9.17, 15) is 0 Å². The van der Waals surface area contributed by atoms with Crippen molar-refractivity contribution in [3.63, 3.8) is 0 Å². The van der Waals surface area contributed by atoms with Gasteiger partial charge in [-0.3, -0.25) is 4.99 Å². The van der Waals surface area contributed by atoms with Gasteiger partial charge < -0.3 is 5.32 Å². The smallest absolute Gasteiger partial charge is 0.107 e. The zero-order chi connectivity index (χ0) is 9.68. The molecule has 0 unspecified atom stereocenters. The summed E-state index contributed by atoms with van der Waals surface area (Å²) < 4.78 is 0. The molecule has 1 heterocycles. The molecule has 0 amide bonds. The van der Waals surface area contributed by atoms with Crippen LogP contribution in [-0.4, -0.2) is 12.9 Å². The minimum absolute atomic E-state index is 0.493. The summed E-state index contributed by atoms with van der Waals surface area (Å²) in [7, 11) is 0. The summed E-state index contributed by atoms with van der Waals surface area (Å²) in [4.78, 5) is 4.23. The van der Waals surface area contributed by atoms with Gasteiger partial charge in [-0.1, -0.05) is 26.5 Å². The van der Waals surface area contributed by atoms with E-state index < -0.39 is 0 Å². The van der Waals surface area contributed by atoms with Crippen LogP contribution in [-0.2, 0) is 0 Å². The van der Waals surface area contributed by atoms with Crippen molar-refractivity contribution in [2.45, 2.75) is 13.8 Å². The third-order valence-corrected chi connectivity index (χ3v) is 1.86. The number of hydrogen-bond donors (Lipinski definition) is 1. The molecule has 1 rings (SSSR count). The largest absolute Gasteiger partial charge is 0.372 e. The Morgan fingerprint density at radius 3 is 3.00 bits per heavy atom. The van der Waals surface area contributed by atoms with Gasteiger partial charge in [0.2, 0.25) is 0 Å². The van der Waals surface area contributed by atoms with Gasteiger partial charge in [-0.05, 0) is 29.3 Å². The van der Waals surface area contributed by atoms with Crippen molar-refractivity contribution < 1.29 is 0 Å². The SMILES string of the molecule is C=C1/C=C\NC/N=C\C(C(C)C)=C/1.